The van der Waals surface area contributed by atoms with E-state index >= 15 is 0 Å². The number of carbonyl (C=O) groups excluding carboxylic acids is 1. The quantitative estimate of drug-likeness (QED) is 0.839. The first kappa shape index (κ1) is 15.5. The number of nitrogens with one attached hydrogen (secondary N) is 1. The largest absolute Gasteiger partial charge is 0.375 e. The van der Waals surface area contributed by atoms with E-state index in [4.69, 9.17) is 5.73 Å². The molecule has 2 aromatic rings. The molecule has 9 heteroatoms. The molecule has 0 spiro atoms. The van der Waals surface area contributed by atoms with E-state index in [2.05, 4.69) is 20.6 Å². The van der Waals surface area contributed by atoms with E-state index in [0.717, 1.165) is 36.6 Å². The molecule has 0 aliphatic carbocycles. The van der Waals surface area contributed by atoms with Gasteiger partial charge in [0.25, 0.3) is 5.91 Å². The maximum Gasteiger partial charge on any atom is 0.276 e. The van der Waals surface area contributed by atoms with Gasteiger partial charge in [0.2, 0.25) is 0 Å². The van der Waals surface area contributed by atoms with Crippen LogP contribution in [0.25, 0.3) is 0 Å². The maximum atomic E-state index is 12.7. The van der Waals surface area contributed by atoms with Gasteiger partial charge in [0, 0.05) is 24.4 Å². The van der Waals surface area contributed by atoms with Crippen molar-refractivity contribution >= 4 is 22.4 Å². The molecule has 2 aliphatic rings. The summed E-state index contributed by atoms with van der Waals surface area (Å²) in [4.78, 5) is 19.9. The van der Waals surface area contributed by atoms with Crippen LogP contribution in [0.3, 0.4) is 0 Å². The summed E-state index contributed by atoms with van der Waals surface area (Å²) in [5, 5.41) is 12.2. The molecule has 0 radical (unpaired) electrons. The molecule has 0 saturated carbocycles. The van der Waals surface area contributed by atoms with Gasteiger partial charge in [-0.25, -0.2) is 4.98 Å². The molecule has 1 fully saturated rings. The number of hydrogen-bond donors (Lipinski definition) is 2. The van der Waals surface area contributed by atoms with Gasteiger partial charge in [0.05, 0.1) is 18.4 Å². The summed E-state index contributed by atoms with van der Waals surface area (Å²) in [6, 6.07) is 0. The van der Waals surface area contributed by atoms with Crippen LogP contribution in [0.4, 0.5) is 5.13 Å². The highest BCUT2D eigenvalue weighted by atomic mass is 32.1. The highest BCUT2D eigenvalue weighted by Crippen LogP contribution is 2.27. The Morgan fingerprint density at radius 3 is 3.25 bits per heavy atom. The lowest BCUT2D eigenvalue weighted by Gasteiger charge is -2.25. The number of thiazole rings is 1. The Morgan fingerprint density at radius 1 is 1.50 bits per heavy atom. The Kier molecular flexibility index (Phi) is 4.19. The highest BCUT2D eigenvalue weighted by molar-refractivity contribution is 7.15. The van der Waals surface area contributed by atoms with Crippen molar-refractivity contribution in [3.05, 3.63) is 22.5 Å². The van der Waals surface area contributed by atoms with E-state index in [1.54, 1.807) is 15.8 Å². The second kappa shape index (κ2) is 6.48. The predicted octanol–water partition coefficient (Wildman–Crippen LogP) is 0.515. The molecule has 3 N–H and O–H groups in total. The van der Waals surface area contributed by atoms with Crippen LogP contribution in [0.5, 0.6) is 0 Å². The first-order valence-electron chi connectivity index (χ1n) is 8.33. The van der Waals surface area contributed by atoms with Gasteiger partial charge in [-0.1, -0.05) is 5.21 Å². The van der Waals surface area contributed by atoms with Crippen molar-refractivity contribution < 1.29 is 4.79 Å². The van der Waals surface area contributed by atoms with Gasteiger partial charge in [0.15, 0.2) is 10.8 Å². The molecule has 4 rings (SSSR count). The summed E-state index contributed by atoms with van der Waals surface area (Å²) < 4.78 is 1.80. The maximum absolute atomic E-state index is 12.7. The van der Waals surface area contributed by atoms with Crippen molar-refractivity contribution in [1.82, 2.24) is 30.2 Å². The molecular weight excluding hydrogens is 326 g/mol. The molecular formula is C15H21N7OS. The Labute approximate surface area is 144 Å². The molecule has 1 amide bonds. The number of aromatic nitrogens is 4. The van der Waals surface area contributed by atoms with E-state index in [-0.39, 0.29) is 5.91 Å². The molecule has 0 unspecified atom stereocenters. The van der Waals surface area contributed by atoms with Crippen molar-refractivity contribution in [2.75, 3.05) is 25.4 Å². The van der Waals surface area contributed by atoms with Gasteiger partial charge >= 0.3 is 0 Å². The van der Waals surface area contributed by atoms with Crippen LogP contribution in [0.2, 0.25) is 0 Å². The van der Waals surface area contributed by atoms with Crippen molar-refractivity contribution in [3.8, 4) is 0 Å². The highest BCUT2D eigenvalue weighted by Gasteiger charge is 2.26. The van der Waals surface area contributed by atoms with E-state index < -0.39 is 0 Å². The summed E-state index contributed by atoms with van der Waals surface area (Å²) in [5.41, 5.74) is 7.20. The average molecular weight is 347 g/mol. The third kappa shape index (κ3) is 3.13. The van der Waals surface area contributed by atoms with Crippen LogP contribution in [0.1, 0.15) is 33.9 Å². The van der Waals surface area contributed by atoms with E-state index in [1.165, 1.54) is 24.2 Å². The number of nitrogens with two attached hydrogens (primary N) is 1. The summed E-state index contributed by atoms with van der Waals surface area (Å²) >= 11 is 1.46. The molecule has 1 saturated heterocycles. The fraction of sp³-hybridized carbons (Fsp3) is 0.600. The van der Waals surface area contributed by atoms with Crippen LogP contribution >= 0.6 is 11.3 Å². The number of hydrogen-bond acceptors (Lipinski definition) is 7. The van der Waals surface area contributed by atoms with Crippen molar-refractivity contribution in [2.45, 2.75) is 32.4 Å². The van der Waals surface area contributed by atoms with Crippen LogP contribution in [0, 0.1) is 5.92 Å². The number of nitrogens with zero attached hydrogens (tertiary/aromatic N) is 5. The third-order valence-electron chi connectivity index (χ3n) is 4.64. The normalized spacial score (nSPS) is 20.8. The molecule has 4 heterocycles. The number of amides is 1. The Hall–Kier alpha value is -2.00. The number of nitrogen functional groups attached to an aromatic ring is 1. The average Bonchev–Trinajstić information content (AvgIpc) is 3.20. The molecule has 24 heavy (non-hydrogen) atoms. The summed E-state index contributed by atoms with van der Waals surface area (Å²) in [6.07, 6.45) is 4.90. The van der Waals surface area contributed by atoms with Gasteiger partial charge in [0.1, 0.15) is 0 Å². The van der Waals surface area contributed by atoms with Gasteiger partial charge < -0.3 is 16.0 Å². The lowest BCUT2D eigenvalue weighted by Crippen LogP contribution is -2.35. The summed E-state index contributed by atoms with van der Waals surface area (Å²) in [7, 11) is 0. The number of fused-ring (bicyclic) bond motifs is 1. The zero-order valence-electron chi connectivity index (χ0n) is 13.4. The van der Waals surface area contributed by atoms with E-state index in [1.807, 2.05) is 0 Å². The van der Waals surface area contributed by atoms with Crippen molar-refractivity contribution in [1.29, 1.82) is 0 Å². The molecule has 0 bridgehead atoms. The van der Waals surface area contributed by atoms with E-state index in [0.29, 0.717) is 29.8 Å². The third-order valence-corrected chi connectivity index (χ3v) is 5.55. The fourth-order valence-corrected chi connectivity index (χ4v) is 4.27. The number of piperidine rings is 1. The van der Waals surface area contributed by atoms with Gasteiger partial charge in [-0.05, 0) is 31.8 Å². The van der Waals surface area contributed by atoms with Crippen molar-refractivity contribution in [2.24, 2.45) is 5.92 Å². The zero-order chi connectivity index (χ0) is 16.5. The van der Waals surface area contributed by atoms with Crippen LogP contribution in [-0.2, 0) is 19.5 Å². The second-order valence-corrected chi connectivity index (χ2v) is 7.55. The molecule has 1 atom stereocenters. The molecule has 2 aromatic heterocycles. The molecule has 128 valence electrons. The lowest BCUT2D eigenvalue weighted by molar-refractivity contribution is 0.0730. The van der Waals surface area contributed by atoms with Gasteiger partial charge in [-0.3, -0.25) is 9.48 Å². The Balaban J connectivity index is 1.41. The van der Waals surface area contributed by atoms with Crippen LogP contribution in [0.15, 0.2) is 6.20 Å². The lowest BCUT2D eigenvalue weighted by atomic mass is 10.00. The zero-order valence-corrected chi connectivity index (χ0v) is 14.3. The Morgan fingerprint density at radius 2 is 2.42 bits per heavy atom. The molecule has 2 aliphatic heterocycles. The standard InChI is InChI=1S/C15H21N7OS/c16-15-18-11-3-5-21(9-13(11)24-15)14(23)12-8-22(20-19-12)7-10-2-1-4-17-6-10/h8,10,17H,1-7,9H2,(H2,16,18)/t10-/m1/s1. The van der Waals surface area contributed by atoms with Crippen molar-refractivity contribution in [3.63, 3.8) is 0 Å². The van der Waals surface area contributed by atoms with Gasteiger partial charge in [-0.15, -0.1) is 16.4 Å². The number of rotatable bonds is 3. The summed E-state index contributed by atoms with van der Waals surface area (Å²) in [5.74, 6) is 0.488. The first-order valence-corrected chi connectivity index (χ1v) is 9.15. The monoisotopic (exact) mass is 347 g/mol. The molecule has 8 nitrogen and oxygen atoms in total. The predicted molar refractivity (Wildman–Crippen MR) is 90.6 cm³/mol. The fourth-order valence-electron chi connectivity index (χ4n) is 3.38. The minimum Gasteiger partial charge on any atom is -0.375 e. The van der Waals surface area contributed by atoms with E-state index in [9.17, 15) is 4.79 Å². The van der Waals surface area contributed by atoms with Gasteiger partial charge in [-0.2, -0.15) is 0 Å². The Bertz CT molecular complexity index is 734. The number of anilines is 1. The number of carbonyl (C=O) groups is 1. The minimum absolute atomic E-state index is 0.0689. The minimum atomic E-state index is -0.0689. The smallest absolute Gasteiger partial charge is 0.276 e. The van der Waals surface area contributed by atoms with Crippen LogP contribution < -0.4 is 11.1 Å². The molecule has 0 aromatic carbocycles. The van der Waals surface area contributed by atoms with Crippen LogP contribution in [-0.4, -0.2) is 50.4 Å². The summed E-state index contributed by atoms with van der Waals surface area (Å²) in [6.45, 7) is 4.11. The first-order chi connectivity index (χ1) is 11.7. The topological polar surface area (TPSA) is 102 Å². The SMILES string of the molecule is Nc1nc2c(s1)CN(C(=O)c1cn(C[C@@H]3CCCNC3)nn1)CC2. The second-order valence-electron chi connectivity index (χ2n) is 6.44.